The quantitative estimate of drug-likeness (QED) is 0.745. The summed E-state index contributed by atoms with van der Waals surface area (Å²) in [4.78, 5) is 15.1. The highest BCUT2D eigenvalue weighted by atomic mass is 16.5. The molecule has 1 aliphatic heterocycles. The average molecular weight is 346 g/mol. The third-order valence-electron chi connectivity index (χ3n) is 5.24. The van der Waals surface area contributed by atoms with Gasteiger partial charge in [0.2, 0.25) is 0 Å². The molecule has 1 saturated heterocycles. The molecule has 2 aliphatic rings. The van der Waals surface area contributed by atoms with E-state index in [1.54, 1.807) is 0 Å². The maximum Gasteiger partial charge on any atom is 0.256 e. The first-order chi connectivity index (χ1) is 12.1. The van der Waals surface area contributed by atoms with E-state index in [1.165, 1.54) is 25.9 Å². The minimum Gasteiger partial charge on any atom is -0.492 e. The molecular weight excluding hydrogens is 316 g/mol. The number of carbonyl (C=O) groups excluding carboxylic acids is 1. The van der Waals surface area contributed by atoms with Gasteiger partial charge in [-0.15, -0.1) is 0 Å². The highest BCUT2D eigenvalue weighted by molar-refractivity contribution is 5.97. The Bertz CT molecular complexity index is 565. The number of ether oxygens (including phenoxy) is 2. The topological polar surface area (TPSA) is 50.8 Å². The molecule has 138 valence electrons. The second-order valence-electron chi connectivity index (χ2n) is 7.19. The van der Waals surface area contributed by atoms with Gasteiger partial charge in [-0.2, -0.15) is 0 Å². The van der Waals surface area contributed by atoms with Crippen molar-refractivity contribution in [1.29, 1.82) is 0 Å². The molecule has 1 atom stereocenters. The van der Waals surface area contributed by atoms with Crippen LogP contribution in [0, 0.1) is 5.92 Å². The van der Waals surface area contributed by atoms with Crippen LogP contribution < -0.4 is 10.1 Å². The van der Waals surface area contributed by atoms with Crippen LogP contribution in [-0.4, -0.2) is 49.3 Å². The van der Waals surface area contributed by atoms with Crippen molar-refractivity contribution in [3.05, 3.63) is 24.3 Å². The largest absolute Gasteiger partial charge is 0.492 e. The van der Waals surface area contributed by atoms with Crippen molar-refractivity contribution in [3.8, 4) is 5.75 Å². The molecule has 1 heterocycles. The van der Waals surface area contributed by atoms with Crippen LogP contribution in [0.3, 0.4) is 0 Å². The van der Waals surface area contributed by atoms with Gasteiger partial charge in [0.05, 0.1) is 0 Å². The molecule has 3 rings (SSSR count). The van der Waals surface area contributed by atoms with Gasteiger partial charge in [0, 0.05) is 18.8 Å². The standard InChI is InChI=1S/C20H30N2O3/c1-3-25-20(2,16-6-7-16)19(23)21-17-8-10-18(11-9-17)24-15-14-22-12-4-5-13-22/h8-11,16H,3-7,12-15H2,1-2H3,(H,21,23)/t20-/m1/s1. The summed E-state index contributed by atoms with van der Waals surface area (Å²) in [5.41, 5.74) is 0.0584. The maximum absolute atomic E-state index is 12.6. The van der Waals surface area contributed by atoms with Gasteiger partial charge in [-0.3, -0.25) is 9.69 Å². The van der Waals surface area contributed by atoms with E-state index < -0.39 is 5.60 Å². The van der Waals surface area contributed by atoms with Crippen molar-refractivity contribution in [2.45, 2.75) is 45.1 Å². The van der Waals surface area contributed by atoms with Crippen LogP contribution >= 0.6 is 0 Å². The van der Waals surface area contributed by atoms with E-state index in [9.17, 15) is 4.79 Å². The molecule has 5 nitrogen and oxygen atoms in total. The summed E-state index contributed by atoms with van der Waals surface area (Å²) in [6.07, 6.45) is 4.73. The lowest BCUT2D eigenvalue weighted by atomic mass is 9.99. The SMILES string of the molecule is CCO[C@@](C)(C(=O)Nc1ccc(OCCN2CCCC2)cc1)C1CC1. The van der Waals surface area contributed by atoms with Crippen LogP contribution in [0.5, 0.6) is 5.75 Å². The Morgan fingerprint density at radius 1 is 1.24 bits per heavy atom. The van der Waals surface area contributed by atoms with Crippen molar-refractivity contribution in [3.63, 3.8) is 0 Å². The van der Waals surface area contributed by atoms with Gasteiger partial charge in [-0.25, -0.2) is 0 Å². The number of anilines is 1. The first kappa shape index (κ1) is 18.2. The molecule has 1 saturated carbocycles. The van der Waals surface area contributed by atoms with E-state index in [0.29, 0.717) is 19.1 Å². The van der Waals surface area contributed by atoms with Gasteiger partial charge in [0.25, 0.3) is 5.91 Å². The number of nitrogens with one attached hydrogen (secondary N) is 1. The fraction of sp³-hybridized carbons (Fsp3) is 0.650. The Hall–Kier alpha value is -1.59. The van der Waals surface area contributed by atoms with E-state index >= 15 is 0 Å². The monoisotopic (exact) mass is 346 g/mol. The molecule has 0 bridgehead atoms. The minimum absolute atomic E-state index is 0.0560. The van der Waals surface area contributed by atoms with Crippen molar-refractivity contribution in [2.24, 2.45) is 5.92 Å². The van der Waals surface area contributed by atoms with Crippen molar-refractivity contribution >= 4 is 11.6 Å². The number of benzene rings is 1. The third kappa shape index (κ3) is 4.73. The fourth-order valence-corrected chi connectivity index (χ4v) is 3.49. The van der Waals surface area contributed by atoms with Gasteiger partial charge >= 0.3 is 0 Å². The predicted octanol–water partition coefficient (Wildman–Crippen LogP) is 3.30. The van der Waals surface area contributed by atoms with Crippen molar-refractivity contribution in [1.82, 2.24) is 4.90 Å². The zero-order chi connectivity index (χ0) is 17.7. The van der Waals surface area contributed by atoms with E-state index in [-0.39, 0.29) is 5.91 Å². The maximum atomic E-state index is 12.6. The lowest BCUT2D eigenvalue weighted by Crippen LogP contribution is -2.44. The fourth-order valence-electron chi connectivity index (χ4n) is 3.49. The number of carbonyl (C=O) groups is 1. The average Bonchev–Trinajstić information content (AvgIpc) is 3.35. The van der Waals surface area contributed by atoms with E-state index in [2.05, 4.69) is 10.2 Å². The summed E-state index contributed by atoms with van der Waals surface area (Å²) in [5, 5.41) is 2.99. The predicted molar refractivity (Wildman–Crippen MR) is 99.0 cm³/mol. The molecule has 1 aliphatic carbocycles. The summed E-state index contributed by atoms with van der Waals surface area (Å²) < 4.78 is 11.6. The lowest BCUT2D eigenvalue weighted by Gasteiger charge is -2.28. The Labute approximate surface area is 150 Å². The second-order valence-corrected chi connectivity index (χ2v) is 7.19. The van der Waals surface area contributed by atoms with Crippen LogP contribution in [0.15, 0.2) is 24.3 Å². The normalized spacial score (nSPS) is 20.2. The number of hydrogen-bond acceptors (Lipinski definition) is 4. The summed E-state index contributed by atoms with van der Waals surface area (Å²) in [6, 6.07) is 7.61. The van der Waals surface area contributed by atoms with Gasteiger partial charge in [-0.05, 0) is 82.8 Å². The Kier molecular flexibility index (Phi) is 5.97. The molecule has 25 heavy (non-hydrogen) atoms. The first-order valence-corrected chi connectivity index (χ1v) is 9.52. The van der Waals surface area contributed by atoms with Crippen molar-refractivity contribution < 1.29 is 14.3 Å². The van der Waals surface area contributed by atoms with Crippen LogP contribution in [0.2, 0.25) is 0 Å². The third-order valence-corrected chi connectivity index (χ3v) is 5.24. The highest BCUT2D eigenvalue weighted by Crippen LogP contribution is 2.42. The van der Waals surface area contributed by atoms with Crippen LogP contribution in [0.25, 0.3) is 0 Å². The number of hydrogen-bond donors (Lipinski definition) is 1. The smallest absolute Gasteiger partial charge is 0.256 e. The molecular formula is C20H30N2O3. The van der Waals surface area contributed by atoms with Crippen LogP contribution in [0.4, 0.5) is 5.69 Å². The summed E-state index contributed by atoms with van der Waals surface area (Å²) in [5.74, 6) is 1.12. The molecule has 0 unspecified atom stereocenters. The van der Waals surface area contributed by atoms with Gasteiger partial charge in [-0.1, -0.05) is 0 Å². The molecule has 1 aromatic rings. The summed E-state index contributed by atoms with van der Waals surface area (Å²) >= 11 is 0. The molecule has 1 aromatic carbocycles. The molecule has 1 N–H and O–H groups in total. The Morgan fingerprint density at radius 2 is 1.92 bits per heavy atom. The Balaban J connectivity index is 1.48. The number of amides is 1. The highest BCUT2D eigenvalue weighted by Gasteiger charge is 2.48. The molecule has 0 aromatic heterocycles. The summed E-state index contributed by atoms with van der Waals surface area (Å²) in [7, 11) is 0. The van der Waals surface area contributed by atoms with Gasteiger partial charge in [0.1, 0.15) is 18.0 Å². The number of rotatable bonds is 9. The van der Waals surface area contributed by atoms with E-state index in [1.807, 2.05) is 38.1 Å². The molecule has 1 amide bonds. The molecule has 5 heteroatoms. The van der Waals surface area contributed by atoms with E-state index in [4.69, 9.17) is 9.47 Å². The molecule has 0 radical (unpaired) electrons. The zero-order valence-electron chi connectivity index (χ0n) is 15.4. The zero-order valence-corrected chi connectivity index (χ0v) is 15.4. The number of likely N-dealkylation sites (tertiary alicyclic amines) is 1. The van der Waals surface area contributed by atoms with Crippen molar-refractivity contribution in [2.75, 3.05) is 38.2 Å². The van der Waals surface area contributed by atoms with Crippen LogP contribution in [-0.2, 0) is 9.53 Å². The van der Waals surface area contributed by atoms with E-state index in [0.717, 1.165) is 30.8 Å². The van der Waals surface area contributed by atoms with Crippen LogP contribution in [0.1, 0.15) is 39.5 Å². The molecule has 2 fully saturated rings. The molecule has 0 spiro atoms. The van der Waals surface area contributed by atoms with Gasteiger partial charge in [0.15, 0.2) is 0 Å². The first-order valence-electron chi connectivity index (χ1n) is 9.52. The second kappa shape index (κ2) is 8.19. The van der Waals surface area contributed by atoms with Gasteiger partial charge < -0.3 is 14.8 Å². The summed E-state index contributed by atoms with van der Waals surface area (Å²) in [6.45, 7) is 8.44. The lowest BCUT2D eigenvalue weighted by molar-refractivity contribution is -0.141. The number of nitrogens with zero attached hydrogens (tertiary/aromatic N) is 1. The Morgan fingerprint density at radius 3 is 2.52 bits per heavy atom. The minimum atomic E-state index is -0.723.